The molecule has 3 aromatic carbocycles. The summed E-state index contributed by atoms with van der Waals surface area (Å²) in [5.74, 6) is -0.602. The smallest absolute Gasteiger partial charge is 0.273 e. The summed E-state index contributed by atoms with van der Waals surface area (Å²) >= 11 is 0. The van der Waals surface area contributed by atoms with Gasteiger partial charge >= 0.3 is 0 Å². The number of benzene rings is 3. The zero-order chi connectivity index (χ0) is 21.6. The minimum absolute atomic E-state index is 0.507. The van der Waals surface area contributed by atoms with Crippen molar-refractivity contribution in [2.24, 2.45) is 5.10 Å². The Morgan fingerprint density at radius 3 is 2.32 bits per heavy atom. The fourth-order valence-electron chi connectivity index (χ4n) is 3.14. The highest BCUT2D eigenvalue weighted by molar-refractivity contribution is 5.90. The van der Waals surface area contributed by atoms with E-state index in [1.165, 1.54) is 6.21 Å². The van der Waals surface area contributed by atoms with Crippen molar-refractivity contribution in [2.75, 3.05) is 0 Å². The number of hydrogen-bond acceptors (Lipinski definition) is 4. The van der Waals surface area contributed by atoms with Crippen LogP contribution in [-0.2, 0) is 4.79 Å². The molecule has 0 fully saturated rings. The summed E-state index contributed by atoms with van der Waals surface area (Å²) in [4.78, 5) is 12.3. The molecular formula is C25H22N4O2. The maximum atomic E-state index is 12.3. The minimum atomic E-state index is -1.29. The van der Waals surface area contributed by atoms with Crippen molar-refractivity contribution < 1.29 is 9.90 Å². The third-order valence-corrected chi connectivity index (χ3v) is 4.83. The Labute approximate surface area is 180 Å². The lowest BCUT2D eigenvalue weighted by Crippen LogP contribution is -2.25. The first-order valence-electron chi connectivity index (χ1n) is 9.90. The van der Waals surface area contributed by atoms with E-state index < -0.39 is 12.0 Å². The fraction of sp³-hybridized carbons (Fsp3) is 0.0800. The second kappa shape index (κ2) is 9.19. The van der Waals surface area contributed by atoms with E-state index in [4.69, 9.17) is 5.10 Å². The lowest BCUT2D eigenvalue weighted by Gasteiger charge is -2.08. The van der Waals surface area contributed by atoms with Gasteiger partial charge in [0.05, 0.1) is 11.9 Å². The number of aliphatic hydroxyl groups is 1. The molecule has 0 aliphatic carbocycles. The number of rotatable bonds is 6. The van der Waals surface area contributed by atoms with Gasteiger partial charge in [-0.15, -0.1) is 0 Å². The van der Waals surface area contributed by atoms with E-state index in [1.54, 1.807) is 28.9 Å². The number of para-hydroxylation sites is 1. The van der Waals surface area contributed by atoms with Gasteiger partial charge in [-0.05, 0) is 24.6 Å². The molecule has 2 N–H and O–H groups in total. The molecule has 1 atom stereocenters. The van der Waals surface area contributed by atoms with E-state index in [1.807, 2.05) is 73.8 Å². The molecule has 4 rings (SSSR count). The number of carbonyl (C=O) groups excluding carboxylic acids is 1. The Kier molecular flexibility index (Phi) is 6.01. The van der Waals surface area contributed by atoms with Crippen molar-refractivity contribution in [1.82, 2.24) is 15.2 Å². The molecule has 1 aromatic heterocycles. The van der Waals surface area contributed by atoms with Gasteiger partial charge in [-0.1, -0.05) is 78.4 Å². The van der Waals surface area contributed by atoms with Crippen LogP contribution >= 0.6 is 0 Å². The number of aliphatic hydroxyl groups excluding tert-OH is 1. The van der Waals surface area contributed by atoms with Crippen LogP contribution in [0, 0.1) is 6.92 Å². The lowest BCUT2D eigenvalue weighted by molar-refractivity contribution is -0.129. The summed E-state index contributed by atoms with van der Waals surface area (Å²) in [5, 5.41) is 19.0. The summed E-state index contributed by atoms with van der Waals surface area (Å²) < 4.78 is 1.77. The van der Waals surface area contributed by atoms with Crippen LogP contribution < -0.4 is 5.43 Å². The van der Waals surface area contributed by atoms with E-state index in [2.05, 4.69) is 10.5 Å². The monoisotopic (exact) mass is 410 g/mol. The highest BCUT2D eigenvalue weighted by Gasteiger charge is 2.16. The van der Waals surface area contributed by atoms with Gasteiger partial charge in [0, 0.05) is 17.3 Å². The molecule has 0 saturated carbocycles. The zero-order valence-electron chi connectivity index (χ0n) is 17.0. The van der Waals surface area contributed by atoms with Gasteiger partial charge in [0.1, 0.15) is 5.69 Å². The number of nitrogens with one attached hydrogen (secondary N) is 1. The molecule has 0 bridgehead atoms. The highest BCUT2D eigenvalue weighted by Crippen LogP contribution is 2.23. The average molecular weight is 410 g/mol. The quantitative estimate of drug-likeness (QED) is 0.372. The van der Waals surface area contributed by atoms with Crippen LogP contribution in [0.15, 0.2) is 96.2 Å². The first kappa shape index (κ1) is 20.3. The standard InChI is InChI=1S/C25H22N4O2/c1-18-12-14-19(15-13-18)23-21(17-29(28-23)22-10-6-3-7-11-22)16-26-27-25(31)24(30)20-8-4-2-5-9-20/h2-17,24,30H,1H3,(H,27,31)/b26-16-/t24-/m1/s1. The van der Waals surface area contributed by atoms with Gasteiger partial charge in [-0.3, -0.25) is 4.79 Å². The molecule has 0 unspecified atom stereocenters. The molecule has 0 aliphatic rings. The number of amides is 1. The first-order valence-corrected chi connectivity index (χ1v) is 9.90. The third-order valence-electron chi connectivity index (χ3n) is 4.83. The van der Waals surface area contributed by atoms with Gasteiger partial charge in [-0.2, -0.15) is 10.2 Å². The number of aromatic nitrogens is 2. The number of carbonyl (C=O) groups is 1. The largest absolute Gasteiger partial charge is 0.378 e. The number of nitrogens with zero attached hydrogens (tertiary/aromatic N) is 3. The molecule has 31 heavy (non-hydrogen) atoms. The summed E-state index contributed by atoms with van der Waals surface area (Å²) in [6, 6.07) is 26.5. The number of hydrazone groups is 1. The molecular weight excluding hydrogens is 388 g/mol. The SMILES string of the molecule is Cc1ccc(-c2nn(-c3ccccc3)cc2/C=N\NC(=O)[C@H](O)c2ccccc2)cc1. The maximum Gasteiger partial charge on any atom is 0.273 e. The molecule has 6 heteroatoms. The van der Waals surface area contributed by atoms with E-state index in [9.17, 15) is 9.90 Å². The van der Waals surface area contributed by atoms with Crippen molar-refractivity contribution in [3.63, 3.8) is 0 Å². The van der Waals surface area contributed by atoms with Gasteiger partial charge < -0.3 is 5.11 Å². The molecule has 0 radical (unpaired) electrons. The average Bonchev–Trinajstić information content (AvgIpc) is 3.24. The van der Waals surface area contributed by atoms with Crippen molar-refractivity contribution in [1.29, 1.82) is 0 Å². The first-order chi connectivity index (χ1) is 15.1. The fourth-order valence-corrected chi connectivity index (χ4v) is 3.14. The molecule has 0 saturated heterocycles. The Balaban J connectivity index is 1.59. The topological polar surface area (TPSA) is 79.5 Å². The normalized spacial score (nSPS) is 12.1. The van der Waals surface area contributed by atoms with Gasteiger partial charge in [-0.25, -0.2) is 10.1 Å². The summed E-state index contributed by atoms with van der Waals surface area (Å²) in [6.45, 7) is 2.03. The van der Waals surface area contributed by atoms with Crippen molar-refractivity contribution in [3.05, 3.63) is 108 Å². The molecule has 1 amide bonds. The van der Waals surface area contributed by atoms with Crippen LogP contribution in [0.25, 0.3) is 16.9 Å². The lowest BCUT2D eigenvalue weighted by atomic mass is 10.1. The Morgan fingerprint density at radius 1 is 1.00 bits per heavy atom. The van der Waals surface area contributed by atoms with Crippen LogP contribution in [0.5, 0.6) is 0 Å². The van der Waals surface area contributed by atoms with Crippen LogP contribution in [0.1, 0.15) is 22.8 Å². The predicted octanol–water partition coefficient (Wildman–Crippen LogP) is 4.03. The summed E-state index contributed by atoms with van der Waals surface area (Å²) in [7, 11) is 0. The molecule has 4 aromatic rings. The van der Waals surface area contributed by atoms with E-state index in [0.29, 0.717) is 5.56 Å². The Hall–Kier alpha value is -4.03. The number of hydrogen-bond donors (Lipinski definition) is 2. The molecule has 0 aliphatic heterocycles. The van der Waals surface area contributed by atoms with Crippen molar-refractivity contribution >= 4 is 12.1 Å². The minimum Gasteiger partial charge on any atom is -0.378 e. The number of aryl methyl sites for hydroxylation is 1. The second-order valence-corrected chi connectivity index (χ2v) is 7.13. The van der Waals surface area contributed by atoms with Crippen LogP contribution in [0.2, 0.25) is 0 Å². The predicted molar refractivity (Wildman–Crippen MR) is 121 cm³/mol. The van der Waals surface area contributed by atoms with Crippen molar-refractivity contribution in [3.8, 4) is 16.9 Å². The summed E-state index contributed by atoms with van der Waals surface area (Å²) in [5.41, 5.74) is 7.41. The van der Waals surface area contributed by atoms with E-state index in [-0.39, 0.29) is 0 Å². The summed E-state index contributed by atoms with van der Waals surface area (Å²) in [6.07, 6.45) is 2.10. The van der Waals surface area contributed by atoms with Gasteiger partial charge in [0.25, 0.3) is 5.91 Å². The molecule has 1 heterocycles. The van der Waals surface area contributed by atoms with Crippen molar-refractivity contribution in [2.45, 2.75) is 13.0 Å². The van der Waals surface area contributed by atoms with E-state index >= 15 is 0 Å². The van der Waals surface area contributed by atoms with Crippen LogP contribution in [0.4, 0.5) is 0 Å². The Morgan fingerprint density at radius 2 is 1.65 bits per heavy atom. The third kappa shape index (κ3) is 4.76. The zero-order valence-corrected chi connectivity index (χ0v) is 17.0. The van der Waals surface area contributed by atoms with Crippen LogP contribution in [-0.4, -0.2) is 27.0 Å². The molecule has 6 nitrogen and oxygen atoms in total. The maximum absolute atomic E-state index is 12.3. The highest BCUT2D eigenvalue weighted by atomic mass is 16.3. The Bertz CT molecular complexity index is 1180. The molecule has 0 spiro atoms. The van der Waals surface area contributed by atoms with Gasteiger partial charge in [0.15, 0.2) is 6.10 Å². The molecule has 154 valence electrons. The van der Waals surface area contributed by atoms with Gasteiger partial charge in [0.2, 0.25) is 0 Å². The second-order valence-electron chi connectivity index (χ2n) is 7.13. The van der Waals surface area contributed by atoms with E-state index in [0.717, 1.165) is 28.1 Å². The van der Waals surface area contributed by atoms with Crippen LogP contribution in [0.3, 0.4) is 0 Å².